The molecule has 4 atom stereocenters. The molecule has 2 N–H and O–H groups in total. The first-order chi connectivity index (χ1) is 7.63. The minimum absolute atomic E-state index is 0.00116. The van der Waals surface area contributed by atoms with Crippen LogP contribution >= 0.6 is 0 Å². The molecule has 0 aromatic carbocycles. The lowest BCUT2D eigenvalue weighted by Gasteiger charge is -2.30. The monoisotopic (exact) mass is 229 g/mol. The number of esters is 1. The van der Waals surface area contributed by atoms with Gasteiger partial charge in [-0.3, -0.25) is 9.69 Å². The van der Waals surface area contributed by atoms with Gasteiger partial charge in [-0.2, -0.15) is 0 Å². The first kappa shape index (κ1) is 11.8. The largest absolute Gasteiger partial charge is 0.468 e. The molecule has 92 valence electrons. The Bertz CT molecular complexity index is 271. The van der Waals surface area contributed by atoms with Crippen molar-refractivity contribution < 1.29 is 19.7 Å². The van der Waals surface area contributed by atoms with Crippen molar-refractivity contribution in [2.45, 2.75) is 50.0 Å². The summed E-state index contributed by atoms with van der Waals surface area (Å²) < 4.78 is 4.73. The fourth-order valence-electron chi connectivity index (χ4n) is 2.88. The van der Waals surface area contributed by atoms with Crippen LogP contribution in [0.5, 0.6) is 0 Å². The number of aliphatic hydroxyl groups excluding tert-OH is 2. The topological polar surface area (TPSA) is 70.0 Å². The first-order valence-corrected chi connectivity index (χ1v) is 5.83. The zero-order valence-electron chi connectivity index (χ0n) is 9.50. The Kier molecular flexibility index (Phi) is 3.47. The number of likely N-dealkylation sites (tertiary alicyclic amines) is 1. The molecule has 4 unspecified atom stereocenters. The number of aliphatic hydroxyl groups is 2. The molecule has 1 heterocycles. The molecule has 1 saturated carbocycles. The van der Waals surface area contributed by atoms with Crippen molar-refractivity contribution in [1.82, 2.24) is 4.90 Å². The second kappa shape index (κ2) is 4.69. The normalized spacial score (nSPS) is 40.2. The van der Waals surface area contributed by atoms with Gasteiger partial charge in [0.15, 0.2) is 0 Å². The minimum atomic E-state index is -0.489. The third kappa shape index (κ3) is 2.07. The molecule has 0 bridgehead atoms. The molecular formula is C11H19NO4. The quantitative estimate of drug-likeness (QED) is 0.625. The van der Waals surface area contributed by atoms with Crippen molar-refractivity contribution >= 4 is 5.97 Å². The molecule has 16 heavy (non-hydrogen) atoms. The smallest absolute Gasteiger partial charge is 0.323 e. The van der Waals surface area contributed by atoms with E-state index < -0.39 is 12.1 Å². The standard InChI is InChI=1S/C11H19NO4/c1-16-11(15)9-5-7(13)6-12(9)8-3-2-4-10(8)14/h7-10,13-14H,2-6H2,1H3. The number of carbonyl (C=O) groups is 1. The van der Waals surface area contributed by atoms with Crippen LogP contribution in [-0.2, 0) is 9.53 Å². The molecule has 1 aliphatic heterocycles. The van der Waals surface area contributed by atoms with Gasteiger partial charge in [0, 0.05) is 19.0 Å². The highest BCUT2D eigenvalue weighted by Crippen LogP contribution is 2.30. The van der Waals surface area contributed by atoms with Gasteiger partial charge in [-0.15, -0.1) is 0 Å². The first-order valence-electron chi connectivity index (χ1n) is 5.83. The van der Waals surface area contributed by atoms with Crippen LogP contribution in [-0.4, -0.2) is 59.0 Å². The van der Waals surface area contributed by atoms with Crippen LogP contribution in [0.25, 0.3) is 0 Å². The molecule has 5 nitrogen and oxygen atoms in total. The van der Waals surface area contributed by atoms with Crippen LogP contribution in [0.4, 0.5) is 0 Å². The van der Waals surface area contributed by atoms with Crippen molar-refractivity contribution in [3.8, 4) is 0 Å². The fraction of sp³-hybridized carbons (Fsp3) is 0.909. The van der Waals surface area contributed by atoms with Crippen LogP contribution < -0.4 is 0 Å². The maximum Gasteiger partial charge on any atom is 0.323 e. The highest BCUT2D eigenvalue weighted by molar-refractivity contribution is 5.76. The number of β-amino-alcohol motifs (C(OH)–C–C–N with tert-alkyl or cyclic N) is 1. The average molecular weight is 229 g/mol. The fourth-order valence-corrected chi connectivity index (χ4v) is 2.88. The van der Waals surface area contributed by atoms with E-state index in [0.717, 1.165) is 19.3 Å². The minimum Gasteiger partial charge on any atom is -0.468 e. The van der Waals surface area contributed by atoms with Gasteiger partial charge in [-0.1, -0.05) is 0 Å². The Balaban J connectivity index is 2.08. The Morgan fingerprint density at radius 1 is 1.38 bits per heavy atom. The predicted molar refractivity (Wildman–Crippen MR) is 56.8 cm³/mol. The average Bonchev–Trinajstić information content (AvgIpc) is 2.83. The number of hydrogen-bond acceptors (Lipinski definition) is 5. The van der Waals surface area contributed by atoms with Crippen LogP contribution in [0.3, 0.4) is 0 Å². The molecule has 5 heteroatoms. The second-order valence-electron chi connectivity index (χ2n) is 4.69. The van der Waals surface area contributed by atoms with Gasteiger partial charge in [0.05, 0.1) is 19.3 Å². The molecule has 1 aliphatic carbocycles. The van der Waals surface area contributed by atoms with Gasteiger partial charge < -0.3 is 14.9 Å². The molecule has 2 fully saturated rings. The van der Waals surface area contributed by atoms with Gasteiger partial charge in [0.25, 0.3) is 0 Å². The molecule has 0 aromatic heterocycles. The summed E-state index contributed by atoms with van der Waals surface area (Å²) >= 11 is 0. The van der Waals surface area contributed by atoms with Crippen molar-refractivity contribution in [3.63, 3.8) is 0 Å². The lowest BCUT2D eigenvalue weighted by Crippen LogP contribution is -2.47. The lowest BCUT2D eigenvalue weighted by molar-refractivity contribution is -0.147. The number of hydrogen-bond donors (Lipinski definition) is 2. The summed E-state index contributed by atoms with van der Waals surface area (Å²) in [5.74, 6) is -0.310. The summed E-state index contributed by atoms with van der Waals surface area (Å²) in [5, 5.41) is 19.5. The number of rotatable bonds is 2. The third-order valence-electron chi connectivity index (χ3n) is 3.66. The van der Waals surface area contributed by atoms with E-state index in [-0.39, 0.29) is 18.1 Å². The lowest BCUT2D eigenvalue weighted by atomic mass is 10.1. The highest BCUT2D eigenvalue weighted by Gasteiger charge is 2.43. The van der Waals surface area contributed by atoms with Gasteiger partial charge in [-0.05, 0) is 19.3 Å². The number of ether oxygens (including phenoxy) is 1. The van der Waals surface area contributed by atoms with E-state index in [1.165, 1.54) is 7.11 Å². The zero-order chi connectivity index (χ0) is 11.7. The number of carbonyl (C=O) groups excluding carboxylic acids is 1. The SMILES string of the molecule is COC(=O)C1CC(O)CN1C1CCCC1O. The summed E-state index contributed by atoms with van der Waals surface area (Å²) in [6, 6.07) is -0.390. The van der Waals surface area contributed by atoms with E-state index >= 15 is 0 Å². The van der Waals surface area contributed by atoms with Gasteiger partial charge in [0.1, 0.15) is 6.04 Å². The summed E-state index contributed by atoms with van der Waals surface area (Å²) in [5.41, 5.74) is 0. The molecule has 0 amide bonds. The van der Waals surface area contributed by atoms with E-state index in [1.54, 1.807) is 0 Å². The molecule has 1 saturated heterocycles. The Labute approximate surface area is 95.0 Å². The summed E-state index contributed by atoms with van der Waals surface area (Å²) in [7, 11) is 1.36. The Hall–Kier alpha value is -0.650. The van der Waals surface area contributed by atoms with E-state index in [0.29, 0.717) is 13.0 Å². The van der Waals surface area contributed by atoms with Crippen LogP contribution in [0, 0.1) is 0 Å². The number of nitrogens with zero attached hydrogens (tertiary/aromatic N) is 1. The molecule has 0 spiro atoms. The van der Waals surface area contributed by atoms with Gasteiger partial charge in [0.2, 0.25) is 0 Å². The van der Waals surface area contributed by atoms with Gasteiger partial charge >= 0.3 is 5.97 Å². The van der Waals surface area contributed by atoms with Crippen LogP contribution in [0.1, 0.15) is 25.7 Å². The molecular weight excluding hydrogens is 210 g/mol. The summed E-state index contributed by atoms with van der Waals surface area (Å²) in [6.07, 6.45) is 2.20. The van der Waals surface area contributed by atoms with Crippen molar-refractivity contribution in [3.05, 3.63) is 0 Å². The third-order valence-corrected chi connectivity index (χ3v) is 3.66. The van der Waals surface area contributed by atoms with Crippen molar-refractivity contribution in [1.29, 1.82) is 0 Å². The van der Waals surface area contributed by atoms with Crippen LogP contribution in [0.2, 0.25) is 0 Å². The maximum atomic E-state index is 11.6. The zero-order valence-corrected chi connectivity index (χ0v) is 9.50. The van der Waals surface area contributed by atoms with Crippen LogP contribution in [0.15, 0.2) is 0 Å². The number of methoxy groups -OCH3 is 1. The van der Waals surface area contributed by atoms with E-state index in [2.05, 4.69) is 0 Å². The summed E-state index contributed by atoms with van der Waals surface area (Å²) in [4.78, 5) is 13.5. The second-order valence-corrected chi connectivity index (χ2v) is 4.69. The molecule has 2 rings (SSSR count). The van der Waals surface area contributed by atoms with E-state index in [1.807, 2.05) is 4.90 Å². The summed E-state index contributed by atoms with van der Waals surface area (Å²) in [6.45, 7) is 0.460. The predicted octanol–water partition coefficient (Wildman–Crippen LogP) is -0.492. The molecule has 0 radical (unpaired) electrons. The Morgan fingerprint density at radius 3 is 2.69 bits per heavy atom. The highest BCUT2D eigenvalue weighted by atomic mass is 16.5. The molecule has 2 aliphatic rings. The van der Waals surface area contributed by atoms with Crippen molar-refractivity contribution in [2.24, 2.45) is 0 Å². The van der Waals surface area contributed by atoms with Gasteiger partial charge in [-0.25, -0.2) is 0 Å². The van der Waals surface area contributed by atoms with Crippen molar-refractivity contribution in [2.75, 3.05) is 13.7 Å². The Morgan fingerprint density at radius 2 is 2.12 bits per heavy atom. The van der Waals surface area contributed by atoms with E-state index in [9.17, 15) is 15.0 Å². The maximum absolute atomic E-state index is 11.6. The van der Waals surface area contributed by atoms with E-state index in [4.69, 9.17) is 4.74 Å². The molecule has 0 aromatic rings.